The summed E-state index contributed by atoms with van der Waals surface area (Å²) in [6, 6.07) is 6.08. The average molecular weight is 524 g/mol. The highest BCUT2D eigenvalue weighted by Gasteiger charge is 2.45. The Labute approximate surface area is 208 Å². The molecule has 8 nitrogen and oxygen atoms in total. The number of hydrogen-bond donors (Lipinski definition) is 2. The fourth-order valence-electron chi connectivity index (χ4n) is 5.15. The zero-order valence-corrected chi connectivity index (χ0v) is 21.5. The number of halogens is 1. The normalized spacial score (nSPS) is 21.7. The fourth-order valence-corrected chi connectivity index (χ4v) is 7.36. The van der Waals surface area contributed by atoms with Crippen LogP contribution in [-0.2, 0) is 14.6 Å². The third-order valence-electron chi connectivity index (χ3n) is 6.79. The molecule has 0 spiro atoms. The maximum atomic E-state index is 13.4. The molecule has 2 aromatic rings. The largest absolute Gasteiger partial charge is 0.465 e. The van der Waals surface area contributed by atoms with E-state index in [-0.39, 0.29) is 32.7 Å². The van der Waals surface area contributed by atoms with Gasteiger partial charge in [0.1, 0.15) is 0 Å². The van der Waals surface area contributed by atoms with E-state index >= 15 is 0 Å². The number of anilines is 1. The lowest BCUT2D eigenvalue weighted by Gasteiger charge is -2.38. The Bertz CT molecular complexity index is 1200. The summed E-state index contributed by atoms with van der Waals surface area (Å²) in [4.78, 5) is 30.8. The number of nitrogens with one attached hydrogen (secondary N) is 1. The summed E-state index contributed by atoms with van der Waals surface area (Å²) in [5.41, 5.74) is 0.275. The summed E-state index contributed by atoms with van der Waals surface area (Å²) in [5, 5.41) is 11.7. The predicted molar refractivity (Wildman–Crippen MR) is 131 cm³/mol. The van der Waals surface area contributed by atoms with Crippen LogP contribution < -0.4 is 5.32 Å². The summed E-state index contributed by atoms with van der Waals surface area (Å²) in [6.45, 7) is 6.33. The van der Waals surface area contributed by atoms with Crippen LogP contribution in [0.15, 0.2) is 35.4 Å². The first kappa shape index (κ1) is 25.6. The molecule has 1 aliphatic carbocycles. The highest BCUT2D eigenvalue weighted by atomic mass is 32.2. The maximum absolute atomic E-state index is 13.4. The third-order valence-corrected chi connectivity index (χ3v) is 9.77. The first-order chi connectivity index (χ1) is 16.4. The highest BCUT2D eigenvalue weighted by Crippen LogP contribution is 2.42. The average Bonchev–Trinajstić information content (AvgIpc) is 3.43. The highest BCUT2D eigenvalue weighted by molar-refractivity contribution is 7.92. The molecule has 190 valence electrons. The van der Waals surface area contributed by atoms with Crippen molar-refractivity contribution < 1.29 is 27.5 Å². The van der Waals surface area contributed by atoms with Gasteiger partial charge in [-0.3, -0.25) is 4.79 Å². The number of sulfone groups is 1. The van der Waals surface area contributed by atoms with Gasteiger partial charge in [0.15, 0.2) is 20.1 Å². The van der Waals surface area contributed by atoms with Crippen LogP contribution in [0.3, 0.4) is 0 Å². The Morgan fingerprint density at radius 3 is 2.40 bits per heavy atom. The molecule has 2 unspecified atom stereocenters. The number of carbonyl (C=O) groups is 2. The van der Waals surface area contributed by atoms with Gasteiger partial charge >= 0.3 is 6.09 Å². The Hall–Kier alpha value is -2.53. The molecule has 2 fully saturated rings. The van der Waals surface area contributed by atoms with Gasteiger partial charge in [0.25, 0.3) is 0 Å². The minimum absolute atomic E-state index is 0.0928. The molecule has 0 radical (unpaired) electrons. The quantitative estimate of drug-likeness (QED) is 0.541. The molecule has 35 heavy (non-hydrogen) atoms. The van der Waals surface area contributed by atoms with E-state index in [4.69, 9.17) is 0 Å². The lowest BCUT2D eigenvalue weighted by atomic mass is 9.75. The smallest absolute Gasteiger partial charge is 0.407 e. The van der Waals surface area contributed by atoms with Crippen LogP contribution in [0.4, 0.5) is 14.3 Å². The van der Waals surface area contributed by atoms with Crippen molar-refractivity contribution in [2.75, 3.05) is 11.9 Å². The molecule has 3 atom stereocenters. The summed E-state index contributed by atoms with van der Waals surface area (Å²) < 4.78 is 38.6. The van der Waals surface area contributed by atoms with Gasteiger partial charge in [0, 0.05) is 12.6 Å². The molecular weight excluding hydrogens is 493 g/mol. The predicted octanol–water partition coefficient (Wildman–Crippen LogP) is 4.75. The number of benzene rings is 1. The Morgan fingerprint density at radius 2 is 1.89 bits per heavy atom. The molecule has 4 rings (SSSR count). The number of carboxylic acid groups (broad SMARTS) is 1. The van der Waals surface area contributed by atoms with Gasteiger partial charge in [-0.15, -0.1) is 0 Å². The summed E-state index contributed by atoms with van der Waals surface area (Å²) in [6.07, 6.45) is 2.34. The molecule has 2 N–H and O–H groups in total. The second kappa shape index (κ2) is 9.50. The molecule has 2 amide bonds. The number of thiazole rings is 1. The van der Waals surface area contributed by atoms with Crippen molar-refractivity contribution >= 4 is 38.3 Å². The van der Waals surface area contributed by atoms with Crippen LogP contribution in [0.5, 0.6) is 0 Å². The summed E-state index contributed by atoms with van der Waals surface area (Å²) >= 11 is 0.721. The van der Waals surface area contributed by atoms with E-state index in [0.29, 0.717) is 37.8 Å². The lowest BCUT2D eigenvalue weighted by molar-refractivity contribution is -0.118. The second-order valence-electron chi connectivity index (χ2n) is 10.4. The monoisotopic (exact) mass is 523 g/mol. The van der Waals surface area contributed by atoms with Crippen molar-refractivity contribution in [3.63, 3.8) is 0 Å². The number of hydrogen-bond acceptors (Lipinski definition) is 6. The van der Waals surface area contributed by atoms with Gasteiger partial charge in [-0.25, -0.2) is 18.2 Å². The Kier molecular flexibility index (Phi) is 6.93. The Morgan fingerprint density at radius 1 is 1.23 bits per heavy atom. The van der Waals surface area contributed by atoms with Crippen molar-refractivity contribution in [2.45, 2.75) is 68.6 Å². The van der Waals surface area contributed by atoms with Crippen molar-refractivity contribution in [3.05, 3.63) is 41.2 Å². The maximum Gasteiger partial charge on any atom is 0.407 e. The molecule has 1 saturated heterocycles. The molecule has 1 aliphatic heterocycles. The van der Waals surface area contributed by atoms with Crippen molar-refractivity contribution in [1.29, 1.82) is 0 Å². The van der Waals surface area contributed by atoms with E-state index in [1.807, 2.05) is 20.8 Å². The first-order valence-electron chi connectivity index (χ1n) is 11.6. The molecule has 11 heteroatoms. The number of likely N-dealkylation sites (tertiary alicyclic amines) is 1. The zero-order valence-electron chi connectivity index (χ0n) is 19.9. The molecular formula is C24H30FN3O5S2. The van der Waals surface area contributed by atoms with Gasteiger partial charge in [-0.2, -0.15) is 4.39 Å². The van der Waals surface area contributed by atoms with Gasteiger partial charge in [-0.05, 0) is 54.7 Å². The molecule has 2 heterocycles. The summed E-state index contributed by atoms with van der Waals surface area (Å²) in [5.74, 6) is -1.17. The third kappa shape index (κ3) is 5.50. The van der Waals surface area contributed by atoms with E-state index in [0.717, 1.165) is 17.5 Å². The number of rotatable bonds is 7. The van der Waals surface area contributed by atoms with E-state index in [1.54, 1.807) is 12.1 Å². The van der Waals surface area contributed by atoms with Crippen LogP contribution >= 0.6 is 11.3 Å². The molecule has 1 saturated carbocycles. The minimum atomic E-state index is -3.36. The number of amides is 2. The lowest BCUT2D eigenvalue weighted by Crippen LogP contribution is -2.46. The van der Waals surface area contributed by atoms with E-state index in [2.05, 4.69) is 10.3 Å². The number of nitrogens with zero attached hydrogens (tertiary/aromatic N) is 2. The van der Waals surface area contributed by atoms with Crippen molar-refractivity contribution in [1.82, 2.24) is 9.88 Å². The molecule has 2 aliphatic rings. The first-order valence-corrected chi connectivity index (χ1v) is 14.0. The van der Waals surface area contributed by atoms with Crippen LogP contribution in [0.2, 0.25) is 0 Å². The number of aromatic nitrogens is 1. The topological polar surface area (TPSA) is 117 Å². The van der Waals surface area contributed by atoms with Crippen LogP contribution in [-0.4, -0.2) is 53.2 Å². The minimum Gasteiger partial charge on any atom is -0.465 e. The van der Waals surface area contributed by atoms with E-state index in [9.17, 15) is 27.5 Å². The molecule has 1 aromatic heterocycles. The van der Waals surface area contributed by atoms with E-state index in [1.165, 1.54) is 17.0 Å². The standard InChI is InChI=1S/C24H30FN3O5S2/c1-24(2,3)20-15(10-11-28(20)23(30)31)12-18(21(29)27-22-26-13-19(25)34-22)14-4-6-16(7-5-14)35(32,33)17-8-9-17/h4-7,13,15,17-18,20H,8-12H2,1-3H3,(H,30,31)(H,26,27,29)/t15?,18-,20?/m1/s1. The summed E-state index contributed by atoms with van der Waals surface area (Å²) in [7, 11) is -3.36. The van der Waals surface area contributed by atoms with Crippen LogP contribution in [0, 0.1) is 16.5 Å². The van der Waals surface area contributed by atoms with Gasteiger partial charge in [0.05, 0.1) is 22.3 Å². The molecule has 1 aromatic carbocycles. The van der Waals surface area contributed by atoms with Gasteiger partial charge < -0.3 is 15.3 Å². The SMILES string of the molecule is CC(C)(C)C1C(C[C@@H](C(=O)Nc2ncc(F)s2)c2ccc(S(=O)(=O)C3CC3)cc2)CCN1C(=O)O. The van der Waals surface area contributed by atoms with Crippen LogP contribution in [0.25, 0.3) is 0 Å². The van der Waals surface area contributed by atoms with Crippen molar-refractivity contribution in [3.8, 4) is 0 Å². The van der Waals surface area contributed by atoms with Gasteiger partial charge in [0.2, 0.25) is 5.91 Å². The van der Waals surface area contributed by atoms with E-state index < -0.39 is 32.9 Å². The van der Waals surface area contributed by atoms with Crippen molar-refractivity contribution in [2.24, 2.45) is 11.3 Å². The van der Waals surface area contributed by atoms with Gasteiger partial charge in [-0.1, -0.05) is 44.2 Å². The Balaban J connectivity index is 1.64. The molecule has 0 bridgehead atoms. The van der Waals surface area contributed by atoms with Crippen LogP contribution in [0.1, 0.15) is 57.9 Å². The second-order valence-corrected chi connectivity index (χ2v) is 13.6. The number of carbonyl (C=O) groups excluding carboxylic acids is 1. The zero-order chi connectivity index (χ0) is 25.5. The fraction of sp³-hybridized carbons (Fsp3) is 0.542.